The van der Waals surface area contributed by atoms with E-state index in [0.29, 0.717) is 5.95 Å². The van der Waals surface area contributed by atoms with E-state index in [-0.39, 0.29) is 12.1 Å². The van der Waals surface area contributed by atoms with Gasteiger partial charge in [-0.1, -0.05) is 24.3 Å². The number of benzene rings is 1. The Morgan fingerprint density at radius 1 is 1.22 bits per heavy atom. The Balaban J connectivity index is 1.87. The Bertz CT molecular complexity index is 555. The number of nitrogens with one attached hydrogen (secondary N) is 1. The van der Waals surface area contributed by atoms with Gasteiger partial charge < -0.3 is 11.1 Å². The van der Waals surface area contributed by atoms with Crippen molar-refractivity contribution in [2.75, 3.05) is 5.32 Å². The molecular weight excluding hydrogens is 231 g/mol. The Morgan fingerprint density at radius 2 is 1.94 bits per heavy atom. The molecule has 3 rings (SSSR count). The first-order valence-corrected chi connectivity index (χ1v) is 5.81. The number of anilines is 1. The van der Waals surface area contributed by atoms with E-state index in [9.17, 15) is 4.39 Å². The van der Waals surface area contributed by atoms with Crippen LogP contribution in [0, 0.1) is 5.82 Å². The average molecular weight is 244 g/mol. The van der Waals surface area contributed by atoms with E-state index in [1.165, 1.54) is 5.56 Å². The van der Waals surface area contributed by atoms with Crippen LogP contribution >= 0.6 is 0 Å². The van der Waals surface area contributed by atoms with Gasteiger partial charge in [-0.05, 0) is 17.5 Å². The zero-order valence-electron chi connectivity index (χ0n) is 9.68. The lowest BCUT2D eigenvalue weighted by atomic mass is 10.1. The lowest BCUT2D eigenvalue weighted by Gasteiger charge is -2.18. The van der Waals surface area contributed by atoms with E-state index in [1.54, 1.807) is 0 Å². The third-order valence-electron chi connectivity index (χ3n) is 3.18. The normalized spacial score (nSPS) is 21.7. The number of nitrogens with two attached hydrogens (primary N) is 1. The fraction of sp³-hybridized carbons (Fsp3) is 0.231. The van der Waals surface area contributed by atoms with Crippen LogP contribution in [0.15, 0.2) is 36.7 Å². The second-order valence-electron chi connectivity index (χ2n) is 4.41. The van der Waals surface area contributed by atoms with E-state index in [4.69, 9.17) is 5.73 Å². The first kappa shape index (κ1) is 11.1. The molecule has 2 aromatic rings. The van der Waals surface area contributed by atoms with Crippen molar-refractivity contribution in [3.63, 3.8) is 0 Å². The van der Waals surface area contributed by atoms with Crippen molar-refractivity contribution in [2.24, 2.45) is 5.73 Å². The molecule has 3 N–H and O–H groups in total. The Morgan fingerprint density at radius 3 is 2.72 bits per heavy atom. The van der Waals surface area contributed by atoms with E-state index in [0.717, 1.165) is 24.4 Å². The van der Waals surface area contributed by atoms with Crippen molar-refractivity contribution in [2.45, 2.75) is 18.5 Å². The Kier molecular flexibility index (Phi) is 2.68. The molecule has 0 saturated heterocycles. The fourth-order valence-electron chi connectivity index (χ4n) is 2.34. The summed E-state index contributed by atoms with van der Waals surface area (Å²) in [6.07, 6.45) is 3.11. The van der Waals surface area contributed by atoms with E-state index in [2.05, 4.69) is 21.4 Å². The molecular formula is C13H13FN4. The molecule has 1 heterocycles. The van der Waals surface area contributed by atoms with Gasteiger partial charge in [-0.3, -0.25) is 0 Å². The molecule has 4 nitrogen and oxygen atoms in total. The van der Waals surface area contributed by atoms with Gasteiger partial charge in [0.1, 0.15) is 0 Å². The third-order valence-corrected chi connectivity index (χ3v) is 3.18. The maximum Gasteiger partial charge on any atom is 0.223 e. The van der Waals surface area contributed by atoms with Gasteiger partial charge in [-0.15, -0.1) is 0 Å². The lowest BCUT2D eigenvalue weighted by molar-refractivity contribution is 0.604. The standard InChI is InChI=1S/C13H13FN4/c14-9-6-16-13(17-7-9)18-12-10-4-2-1-3-8(10)5-11(12)15/h1-4,6-7,11-12H,5,15H2,(H,16,17,18). The van der Waals surface area contributed by atoms with Gasteiger partial charge in [-0.2, -0.15) is 0 Å². The number of nitrogens with zero attached hydrogens (tertiary/aromatic N) is 2. The van der Waals surface area contributed by atoms with E-state index < -0.39 is 5.82 Å². The van der Waals surface area contributed by atoms with Gasteiger partial charge >= 0.3 is 0 Å². The second-order valence-corrected chi connectivity index (χ2v) is 4.41. The highest BCUT2D eigenvalue weighted by Crippen LogP contribution is 2.32. The molecule has 92 valence electrons. The summed E-state index contributed by atoms with van der Waals surface area (Å²) in [5.41, 5.74) is 8.52. The smallest absolute Gasteiger partial charge is 0.223 e. The van der Waals surface area contributed by atoms with Gasteiger partial charge in [0.15, 0.2) is 5.82 Å². The number of rotatable bonds is 2. The highest BCUT2D eigenvalue weighted by molar-refractivity contribution is 5.42. The highest BCUT2D eigenvalue weighted by atomic mass is 19.1. The summed E-state index contributed by atoms with van der Waals surface area (Å²) in [5.74, 6) is -0.0507. The summed E-state index contributed by atoms with van der Waals surface area (Å²) >= 11 is 0. The van der Waals surface area contributed by atoms with Crippen molar-refractivity contribution in [3.8, 4) is 0 Å². The number of fused-ring (bicyclic) bond motifs is 1. The monoisotopic (exact) mass is 244 g/mol. The molecule has 0 aliphatic heterocycles. The zero-order chi connectivity index (χ0) is 12.5. The lowest BCUT2D eigenvalue weighted by Crippen LogP contribution is -2.30. The fourth-order valence-corrected chi connectivity index (χ4v) is 2.34. The molecule has 0 saturated carbocycles. The second kappa shape index (κ2) is 4.34. The number of hydrogen-bond donors (Lipinski definition) is 2. The molecule has 0 amide bonds. The Labute approximate surface area is 104 Å². The van der Waals surface area contributed by atoms with Gasteiger partial charge in [0.05, 0.1) is 18.4 Å². The van der Waals surface area contributed by atoms with Crippen molar-refractivity contribution >= 4 is 5.95 Å². The predicted molar refractivity (Wildman–Crippen MR) is 66.5 cm³/mol. The number of halogens is 1. The summed E-state index contributed by atoms with van der Waals surface area (Å²) in [6, 6.07) is 8.06. The van der Waals surface area contributed by atoms with Gasteiger partial charge in [0.2, 0.25) is 5.95 Å². The summed E-state index contributed by atoms with van der Waals surface area (Å²) < 4.78 is 12.7. The molecule has 0 bridgehead atoms. The summed E-state index contributed by atoms with van der Waals surface area (Å²) in [5, 5.41) is 3.16. The first-order valence-electron chi connectivity index (χ1n) is 5.81. The summed E-state index contributed by atoms with van der Waals surface area (Å²) in [7, 11) is 0. The van der Waals surface area contributed by atoms with Crippen molar-refractivity contribution < 1.29 is 4.39 Å². The molecule has 1 aromatic carbocycles. The molecule has 1 aliphatic rings. The number of aromatic nitrogens is 2. The van der Waals surface area contributed by atoms with Crippen LogP contribution in [-0.4, -0.2) is 16.0 Å². The van der Waals surface area contributed by atoms with Crippen LogP contribution in [-0.2, 0) is 6.42 Å². The van der Waals surface area contributed by atoms with Gasteiger partial charge in [0, 0.05) is 6.04 Å². The van der Waals surface area contributed by atoms with Crippen LogP contribution in [0.5, 0.6) is 0 Å². The topological polar surface area (TPSA) is 63.8 Å². The molecule has 0 radical (unpaired) electrons. The van der Waals surface area contributed by atoms with Crippen LogP contribution in [0.2, 0.25) is 0 Å². The predicted octanol–water partition coefficient (Wildman–Crippen LogP) is 1.65. The van der Waals surface area contributed by atoms with Crippen molar-refractivity contribution in [3.05, 3.63) is 53.6 Å². The van der Waals surface area contributed by atoms with Crippen LogP contribution in [0.25, 0.3) is 0 Å². The van der Waals surface area contributed by atoms with Crippen molar-refractivity contribution in [1.82, 2.24) is 9.97 Å². The molecule has 2 unspecified atom stereocenters. The zero-order valence-corrected chi connectivity index (χ0v) is 9.68. The highest BCUT2D eigenvalue weighted by Gasteiger charge is 2.29. The summed E-state index contributed by atoms with van der Waals surface area (Å²) in [6.45, 7) is 0. The summed E-state index contributed by atoms with van der Waals surface area (Å²) in [4.78, 5) is 7.79. The van der Waals surface area contributed by atoms with Crippen molar-refractivity contribution in [1.29, 1.82) is 0 Å². The van der Waals surface area contributed by atoms with Crippen LogP contribution in [0.4, 0.5) is 10.3 Å². The SMILES string of the molecule is NC1Cc2ccccc2C1Nc1ncc(F)cn1. The van der Waals surface area contributed by atoms with E-state index in [1.807, 2.05) is 18.2 Å². The maximum absolute atomic E-state index is 12.7. The minimum Gasteiger partial charge on any atom is -0.346 e. The minimum atomic E-state index is -0.448. The molecule has 2 atom stereocenters. The molecule has 18 heavy (non-hydrogen) atoms. The quantitative estimate of drug-likeness (QED) is 0.843. The molecule has 0 spiro atoms. The van der Waals surface area contributed by atoms with E-state index >= 15 is 0 Å². The molecule has 1 aliphatic carbocycles. The average Bonchev–Trinajstić information content (AvgIpc) is 2.69. The minimum absolute atomic E-state index is 0.0175. The van der Waals surface area contributed by atoms with Gasteiger partial charge in [-0.25, -0.2) is 14.4 Å². The van der Waals surface area contributed by atoms with Gasteiger partial charge in [0.25, 0.3) is 0 Å². The van der Waals surface area contributed by atoms with Crippen LogP contribution < -0.4 is 11.1 Å². The maximum atomic E-state index is 12.7. The first-order chi connectivity index (χ1) is 8.74. The molecule has 5 heteroatoms. The Hall–Kier alpha value is -2.01. The molecule has 0 fully saturated rings. The van der Waals surface area contributed by atoms with Crippen LogP contribution in [0.1, 0.15) is 17.2 Å². The largest absolute Gasteiger partial charge is 0.346 e. The third kappa shape index (κ3) is 1.93. The number of hydrogen-bond acceptors (Lipinski definition) is 4. The van der Waals surface area contributed by atoms with Crippen LogP contribution in [0.3, 0.4) is 0 Å². The molecule has 1 aromatic heterocycles.